The lowest BCUT2D eigenvalue weighted by Gasteiger charge is -2.38. The molecule has 1 amide bonds. The fourth-order valence-electron chi connectivity index (χ4n) is 2.94. The van der Waals surface area contributed by atoms with Gasteiger partial charge in [-0.25, -0.2) is 9.07 Å². The van der Waals surface area contributed by atoms with Gasteiger partial charge in [-0.2, -0.15) is 5.10 Å². The minimum atomic E-state index is -0.687. The van der Waals surface area contributed by atoms with Crippen molar-refractivity contribution in [3.05, 3.63) is 52.7 Å². The molecule has 0 radical (unpaired) electrons. The lowest BCUT2D eigenvalue weighted by molar-refractivity contribution is 0.0499. The molecule has 1 atom stereocenters. The first-order chi connectivity index (χ1) is 12.9. The summed E-state index contributed by atoms with van der Waals surface area (Å²) in [5.74, 6) is -0.714. The van der Waals surface area contributed by atoms with E-state index in [0.29, 0.717) is 35.6 Å². The molecular weight excluding hydrogens is 375 g/mol. The van der Waals surface area contributed by atoms with Gasteiger partial charge in [-0.3, -0.25) is 9.89 Å². The van der Waals surface area contributed by atoms with Crippen molar-refractivity contribution in [2.24, 2.45) is 0 Å². The van der Waals surface area contributed by atoms with E-state index in [1.807, 2.05) is 0 Å². The molecule has 0 saturated carbocycles. The Morgan fingerprint density at radius 3 is 2.89 bits per heavy atom. The number of likely N-dealkylation sites (tertiary alicyclic amines) is 1. The Kier molecular flexibility index (Phi) is 4.40. The molecule has 2 N–H and O–H groups in total. The molecule has 1 aliphatic rings. The molecule has 140 valence electrons. The number of aliphatic hydroxyl groups excluding tert-OH is 1. The molecule has 3 heterocycles. The molecule has 1 aliphatic heterocycles. The van der Waals surface area contributed by atoms with Crippen LogP contribution in [-0.2, 0) is 0 Å². The lowest BCUT2D eigenvalue weighted by Crippen LogP contribution is -2.50. The summed E-state index contributed by atoms with van der Waals surface area (Å²) in [5.41, 5.74) is 1.95. The fraction of sp³-hybridized carbons (Fsp3) is 0.294. The first-order valence-electron chi connectivity index (χ1n) is 8.32. The quantitative estimate of drug-likeness (QED) is 0.711. The van der Waals surface area contributed by atoms with Crippen molar-refractivity contribution >= 4 is 17.5 Å². The van der Waals surface area contributed by atoms with E-state index in [2.05, 4.69) is 20.5 Å². The molecular formula is C17H16ClFN6O2. The number of carbonyl (C=O) groups excluding carboxylic acids is 1. The number of halogens is 2. The number of aromatic nitrogens is 5. The topological polar surface area (TPSA) is 99.9 Å². The van der Waals surface area contributed by atoms with Crippen LogP contribution in [0.1, 0.15) is 35.1 Å². The zero-order valence-corrected chi connectivity index (χ0v) is 15.1. The van der Waals surface area contributed by atoms with Gasteiger partial charge in [0.15, 0.2) is 0 Å². The molecule has 1 fully saturated rings. The van der Waals surface area contributed by atoms with Gasteiger partial charge in [0, 0.05) is 18.7 Å². The summed E-state index contributed by atoms with van der Waals surface area (Å²) in [7, 11) is 0. The standard InChI is InChI=1S/C17H16ClFN6O2/c1-9(26)15-8-25(23-21-15)11-6-24(7-11)17(27)12-5-20-22-16(12)10-2-3-14(19)13(18)4-10/h2-5,8-9,11,26H,6-7H2,1H3,(H,20,22)/t9-/m1/s1. The zero-order chi connectivity index (χ0) is 19.1. The van der Waals surface area contributed by atoms with Crippen LogP contribution in [0.5, 0.6) is 0 Å². The number of amides is 1. The predicted molar refractivity (Wildman–Crippen MR) is 94.6 cm³/mol. The number of H-pyrrole nitrogens is 1. The van der Waals surface area contributed by atoms with Crippen molar-refractivity contribution < 1.29 is 14.3 Å². The molecule has 3 aromatic rings. The Morgan fingerprint density at radius 2 is 2.22 bits per heavy atom. The summed E-state index contributed by atoms with van der Waals surface area (Å²) >= 11 is 5.84. The summed E-state index contributed by atoms with van der Waals surface area (Å²) < 4.78 is 15.0. The number of carbonyl (C=O) groups is 1. The van der Waals surface area contributed by atoms with E-state index in [-0.39, 0.29) is 17.0 Å². The highest BCUT2D eigenvalue weighted by molar-refractivity contribution is 6.31. The average molecular weight is 391 g/mol. The van der Waals surface area contributed by atoms with Gasteiger partial charge in [0.1, 0.15) is 11.5 Å². The molecule has 0 spiro atoms. The van der Waals surface area contributed by atoms with Crippen LogP contribution in [0.25, 0.3) is 11.3 Å². The normalized spacial score (nSPS) is 15.6. The SMILES string of the molecule is C[C@@H](O)c1cn(C2CN(C(=O)c3cn[nH]c3-c3ccc(F)c(Cl)c3)C2)nn1. The summed E-state index contributed by atoms with van der Waals surface area (Å²) in [4.78, 5) is 14.5. The smallest absolute Gasteiger partial charge is 0.257 e. The lowest BCUT2D eigenvalue weighted by atomic mass is 10.0. The Labute approximate surface area is 158 Å². The van der Waals surface area contributed by atoms with Crippen LogP contribution in [0, 0.1) is 5.82 Å². The number of aromatic amines is 1. The second-order valence-electron chi connectivity index (χ2n) is 6.45. The number of nitrogens with one attached hydrogen (secondary N) is 1. The van der Waals surface area contributed by atoms with Crippen molar-refractivity contribution in [1.82, 2.24) is 30.1 Å². The third-order valence-electron chi connectivity index (χ3n) is 4.56. The summed E-state index contributed by atoms with van der Waals surface area (Å²) in [6, 6.07) is 4.24. The largest absolute Gasteiger partial charge is 0.387 e. The average Bonchev–Trinajstić information content (AvgIpc) is 3.25. The first kappa shape index (κ1) is 17.6. The van der Waals surface area contributed by atoms with Crippen molar-refractivity contribution in [3.8, 4) is 11.3 Å². The number of hydrogen-bond acceptors (Lipinski definition) is 5. The van der Waals surface area contributed by atoms with Gasteiger partial charge in [-0.1, -0.05) is 16.8 Å². The first-order valence-corrected chi connectivity index (χ1v) is 8.69. The number of hydrogen-bond donors (Lipinski definition) is 2. The van der Waals surface area contributed by atoms with Crippen LogP contribution < -0.4 is 0 Å². The summed E-state index contributed by atoms with van der Waals surface area (Å²) in [6.07, 6.45) is 2.44. The van der Waals surface area contributed by atoms with Gasteiger partial charge in [0.2, 0.25) is 0 Å². The minimum Gasteiger partial charge on any atom is -0.387 e. The van der Waals surface area contributed by atoms with Gasteiger partial charge in [0.05, 0.1) is 40.8 Å². The maximum absolute atomic E-state index is 13.4. The van der Waals surface area contributed by atoms with Crippen LogP contribution in [0.4, 0.5) is 4.39 Å². The van der Waals surface area contributed by atoms with Crippen molar-refractivity contribution in [2.45, 2.75) is 19.1 Å². The molecule has 0 bridgehead atoms. The molecule has 1 aromatic carbocycles. The van der Waals surface area contributed by atoms with Crippen LogP contribution in [-0.4, -0.2) is 54.2 Å². The van der Waals surface area contributed by atoms with Crippen LogP contribution in [0.2, 0.25) is 5.02 Å². The highest BCUT2D eigenvalue weighted by Crippen LogP contribution is 2.29. The molecule has 10 heteroatoms. The molecule has 2 aromatic heterocycles. The second-order valence-corrected chi connectivity index (χ2v) is 6.86. The zero-order valence-electron chi connectivity index (χ0n) is 14.3. The summed E-state index contributed by atoms with van der Waals surface area (Å²) in [6.45, 7) is 2.56. The van der Waals surface area contributed by atoms with E-state index >= 15 is 0 Å². The highest BCUT2D eigenvalue weighted by Gasteiger charge is 2.35. The van der Waals surface area contributed by atoms with Crippen LogP contribution >= 0.6 is 11.6 Å². The Bertz CT molecular complexity index is 995. The maximum atomic E-state index is 13.4. The monoisotopic (exact) mass is 390 g/mol. The van der Waals surface area contributed by atoms with Crippen molar-refractivity contribution in [3.63, 3.8) is 0 Å². The predicted octanol–water partition coefficient (Wildman–Crippen LogP) is 2.21. The van der Waals surface area contributed by atoms with Crippen molar-refractivity contribution in [2.75, 3.05) is 13.1 Å². The van der Waals surface area contributed by atoms with E-state index in [4.69, 9.17) is 11.6 Å². The third kappa shape index (κ3) is 3.19. The number of aliphatic hydroxyl groups is 1. The van der Waals surface area contributed by atoms with E-state index in [9.17, 15) is 14.3 Å². The maximum Gasteiger partial charge on any atom is 0.257 e. The number of nitrogens with zero attached hydrogens (tertiary/aromatic N) is 5. The molecule has 4 rings (SSSR count). The molecule has 1 saturated heterocycles. The Morgan fingerprint density at radius 1 is 1.44 bits per heavy atom. The molecule has 27 heavy (non-hydrogen) atoms. The van der Waals surface area contributed by atoms with Gasteiger partial charge in [0.25, 0.3) is 5.91 Å². The molecule has 0 aliphatic carbocycles. The van der Waals surface area contributed by atoms with Crippen LogP contribution in [0.3, 0.4) is 0 Å². The van der Waals surface area contributed by atoms with Crippen LogP contribution in [0.15, 0.2) is 30.6 Å². The van der Waals surface area contributed by atoms with E-state index in [1.165, 1.54) is 24.4 Å². The van der Waals surface area contributed by atoms with Gasteiger partial charge in [-0.15, -0.1) is 5.10 Å². The molecule has 0 unspecified atom stereocenters. The van der Waals surface area contributed by atoms with E-state index in [1.54, 1.807) is 22.7 Å². The number of rotatable bonds is 4. The Balaban J connectivity index is 1.49. The van der Waals surface area contributed by atoms with Gasteiger partial charge in [-0.05, 0) is 25.1 Å². The fourth-order valence-corrected chi connectivity index (χ4v) is 3.12. The highest BCUT2D eigenvalue weighted by atomic mass is 35.5. The second kappa shape index (κ2) is 6.75. The summed E-state index contributed by atoms with van der Waals surface area (Å²) in [5, 5.41) is 24.1. The minimum absolute atomic E-state index is 0.00423. The van der Waals surface area contributed by atoms with E-state index < -0.39 is 11.9 Å². The third-order valence-corrected chi connectivity index (χ3v) is 4.85. The van der Waals surface area contributed by atoms with E-state index in [0.717, 1.165) is 0 Å². The van der Waals surface area contributed by atoms with Gasteiger partial charge >= 0.3 is 0 Å². The Hall–Kier alpha value is -2.78. The van der Waals surface area contributed by atoms with Gasteiger partial charge < -0.3 is 10.0 Å². The number of benzene rings is 1. The molecule has 8 nitrogen and oxygen atoms in total. The van der Waals surface area contributed by atoms with Crippen molar-refractivity contribution in [1.29, 1.82) is 0 Å².